The van der Waals surface area contributed by atoms with E-state index in [1.165, 1.54) is 22.9 Å². The van der Waals surface area contributed by atoms with Crippen molar-refractivity contribution in [2.75, 3.05) is 0 Å². The number of oxime groups is 1. The predicted molar refractivity (Wildman–Crippen MR) is 52.6 cm³/mol. The highest BCUT2D eigenvalue weighted by Crippen LogP contribution is 2.09. The largest absolute Gasteiger partial charge is 0.410 e. The number of hydrogen-bond donors (Lipinski definition) is 1. The Morgan fingerprint density at radius 2 is 2.31 bits per heavy atom. The zero-order chi connectivity index (χ0) is 11.5. The Morgan fingerprint density at radius 3 is 2.88 bits per heavy atom. The molecule has 2 rings (SSSR count). The van der Waals surface area contributed by atoms with Gasteiger partial charge >= 0.3 is 0 Å². The van der Waals surface area contributed by atoms with Gasteiger partial charge in [0.2, 0.25) is 5.82 Å². The fraction of sp³-hybridized carbons (Fsp3) is 0.111. The number of aromatic nitrogens is 4. The maximum Gasteiger partial charge on any atom is 0.204 e. The molecule has 1 aromatic carbocycles. The van der Waals surface area contributed by atoms with Crippen molar-refractivity contribution >= 4 is 5.71 Å². The molecule has 6 nitrogen and oxygen atoms in total. The molecule has 1 N–H and O–H groups in total. The van der Waals surface area contributed by atoms with Crippen molar-refractivity contribution in [3.05, 3.63) is 41.5 Å². The van der Waals surface area contributed by atoms with Gasteiger partial charge in [-0.15, -0.1) is 5.10 Å². The molecule has 0 aliphatic carbocycles. The van der Waals surface area contributed by atoms with Crippen LogP contribution in [0.2, 0.25) is 0 Å². The van der Waals surface area contributed by atoms with Gasteiger partial charge in [0.25, 0.3) is 0 Å². The molecule has 0 bridgehead atoms. The topological polar surface area (TPSA) is 76.2 Å². The summed E-state index contributed by atoms with van der Waals surface area (Å²) in [6.07, 6.45) is 0. The standard InChI is InChI=1S/C9H8FN5O/c1-15-9(11-13-14-15)8(12-16)6-3-2-4-7(10)5-6/h2-5,16H,1H3. The van der Waals surface area contributed by atoms with E-state index in [4.69, 9.17) is 5.21 Å². The van der Waals surface area contributed by atoms with Crippen molar-refractivity contribution in [3.63, 3.8) is 0 Å². The molecule has 1 heterocycles. The summed E-state index contributed by atoms with van der Waals surface area (Å²) in [6.45, 7) is 0. The number of tetrazole rings is 1. The van der Waals surface area contributed by atoms with Gasteiger partial charge in [0, 0.05) is 12.6 Å². The summed E-state index contributed by atoms with van der Waals surface area (Å²) in [4.78, 5) is 0. The van der Waals surface area contributed by atoms with Crippen LogP contribution in [0.5, 0.6) is 0 Å². The Labute approximate surface area is 90.0 Å². The first-order valence-electron chi connectivity index (χ1n) is 4.43. The normalized spacial score (nSPS) is 11.8. The molecule has 82 valence electrons. The molecule has 1 aromatic heterocycles. The van der Waals surface area contributed by atoms with Crippen LogP contribution in [0.15, 0.2) is 29.4 Å². The maximum absolute atomic E-state index is 13.0. The summed E-state index contributed by atoms with van der Waals surface area (Å²) < 4.78 is 14.3. The van der Waals surface area contributed by atoms with Gasteiger partial charge in [-0.1, -0.05) is 17.3 Å². The van der Waals surface area contributed by atoms with Gasteiger partial charge < -0.3 is 5.21 Å². The molecule has 0 saturated heterocycles. The van der Waals surface area contributed by atoms with Crippen LogP contribution in [-0.4, -0.2) is 31.1 Å². The van der Waals surface area contributed by atoms with Crippen LogP contribution in [0.25, 0.3) is 0 Å². The van der Waals surface area contributed by atoms with Crippen LogP contribution in [0, 0.1) is 5.82 Å². The molecular formula is C9H8FN5O. The molecule has 0 atom stereocenters. The molecule has 0 aliphatic rings. The first-order chi connectivity index (χ1) is 7.72. The van der Waals surface area contributed by atoms with Crippen molar-refractivity contribution < 1.29 is 9.60 Å². The predicted octanol–water partition coefficient (Wildman–Crippen LogP) is 0.576. The van der Waals surface area contributed by atoms with Crippen LogP contribution in [-0.2, 0) is 7.05 Å². The Morgan fingerprint density at radius 1 is 1.50 bits per heavy atom. The van der Waals surface area contributed by atoms with Gasteiger partial charge in [0.1, 0.15) is 5.82 Å². The number of halogens is 1. The molecule has 0 spiro atoms. The minimum Gasteiger partial charge on any atom is -0.410 e. The van der Waals surface area contributed by atoms with Crippen molar-refractivity contribution in [2.24, 2.45) is 12.2 Å². The Bertz CT molecular complexity index is 536. The SMILES string of the molecule is Cn1nnnc1C(=NO)c1cccc(F)c1. The van der Waals surface area contributed by atoms with E-state index in [-0.39, 0.29) is 11.5 Å². The molecule has 0 saturated carbocycles. The third-order valence-electron chi connectivity index (χ3n) is 2.03. The van der Waals surface area contributed by atoms with Gasteiger partial charge in [0.15, 0.2) is 5.71 Å². The van der Waals surface area contributed by atoms with E-state index >= 15 is 0 Å². The summed E-state index contributed by atoms with van der Waals surface area (Å²) in [5.74, 6) is -0.165. The molecule has 0 radical (unpaired) electrons. The number of aryl methyl sites for hydroxylation is 1. The van der Waals surface area contributed by atoms with E-state index < -0.39 is 5.82 Å². The van der Waals surface area contributed by atoms with Gasteiger partial charge in [-0.05, 0) is 22.6 Å². The number of hydrogen-bond acceptors (Lipinski definition) is 5. The molecule has 7 heteroatoms. The quantitative estimate of drug-likeness (QED) is 0.457. The van der Waals surface area contributed by atoms with Gasteiger partial charge in [-0.3, -0.25) is 0 Å². The lowest BCUT2D eigenvalue weighted by molar-refractivity contribution is 0.319. The Hall–Kier alpha value is -2.31. The lowest BCUT2D eigenvalue weighted by atomic mass is 10.1. The van der Waals surface area contributed by atoms with Gasteiger partial charge in [0.05, 0.1) is 0 Å². The van der Waals surface area contributed by atoms with E-state index in [1.807, 2.05) is 0 Å². The summed E-state index contributed by atoms with van der Waals surface area (Å²) in [5, 5.41) is 22.7. The molecule has 16 heavy (non-hydrogen) atoms. The first-order valence-corrected chi connectivity index (χ1v) is 4.43. The lowest BCUT2D eigenvalue weighted by Crippen LogP contribution is -2.11. The summed E-state index contributed by atoms with van der Waals surface area (Å²) in [7, 11) is 1.60. The van der Waals surface area contributed by atoms with Crippen molar-refractivity contribution in [1.29, 1.82) is 0 Å². The zero-order valence-electron chi connectivity index (χ0n) is 8.37. The smallest absolute Gasteiger partial charge is 0.204 e. The molecule has 0 unspecified atom stereocenters. The third kappa shape index (κ3) is 1.74. The van der Waals surface area contributed by atoms with Crippen molar-refractivity contribution in [2.45, 2.75) is 0 Å². The Balaban J connectivity index is 2.50. The summed E-state index contributed by atoms with van der Waals surface area (Å²) in [6, 6.07) is 5.66. The average molecular weight is 221 g/mol. The van der Waals surface area contributed by atoms with E-state index in [0.29, 0.717) is 5.56 Å². The zero-order valence-corrected chi connectivity index (χ0v) is 8.37. The van der Waals surface area contributed by atoms with Crippen molar-refractivity contribution in [1.82, 2.24) is 20.2 Å². The third-order valence-corrected chi connectivity index (χ3v) is 2.03. The van der Waals surface area contributed by atoms with E-state index in [1.54, 1.807) is 13.1 Å². The summed E-state index contributed by atoms with van der Waals surface area (Å²) in [5.41, 5.74) is 0.521. The average Bonchev–Trinajstić information content (AvgIpc) is 2.67. The van der Waals surface area contributed by atoms with Crippen LogP contribution in [0.1, 0.15) is 11.4 Å². The monoisotopic (exact) mass is 221 g/mol. The van der Waals surface area contributed by atoms with Crippen LogP contribution in [0.3, 0.4) is 0 Å². The molecule has 0 amide bonds. The first kappa shape index (κ1) is 10.2. The number of rotatable bonds is 2. The van der Waals surface area contributed by atoms with Crippen molar-refractivity contribution in [3.8, 4) is 0 Å². The molecule has 0 fully saturated rings. The number of nitrogens with zero attached hydrogens (tertiary/aromatic N) is 5. The molecule has 0 aliphatic heterocycles. The fourth-order valence-corrected chi connectivity index (χ4v) is 1.30. The lowest BCUT2D eigenvalue weighted by Gasteiger charge is -2.02. The van der Waals surface area contributed by atoms with Crippen LogP contribution < -0.4 is 0 Å². The van der Waals surface area contributed by atoms with Crippen LogP contribution in [0.4, 0.5) is 4.39 Å². The molecule has 2 aromatic rings. The second-order valence-electron chi connectivity index (χ2n) is 3.09. The van der Waals surface area contributed by atoms with E-state index in [0.717, 1.165) is 0 Å². The molecular weight excluding hydrogens is 213 g/mol. The highest BCUT2D eigenvalue weighted by atomic mass is 19.1. The maximum atomic E-state index is 13.0. The van der Waals surface area contributed by atoms with Gasteiger partial charge in [-0.25, -0.2) is 9.07 Å². The fourth-order valence-electron chi connectivity index (χ4n) is 1.30. The van der Waals surface area contributed by atoms with Gasteiger partial charge in [-0.2, -0.15) is 0 Å². The van der Waals surface area contributed by atoms with E-state index in [9.17, 15) is 4.39 Å². The number of benzene rings is 1. The second-order valence-corrected chi connectivity index (χ2v) is 3.09. The highest BCUT2D eigenvalue weighted by molar-refractivity contribution is 6.10. The van der Waals surface area contributed by atoms with Crippen LogP contribution >= 0.6 is 0 Å². The Kier molecular flexibility index (Phi) is 2.59. The second kappa shape index (κ2) is 4.05. The summed E-state index contributed by atoms with van der Waals surface area (Å²) >= 11 is 0. The van der Waals surface area contributed by atoms with E-state index in [2.05, 4.69) is 20.7 Å². The minimum atomic E-state index is -0.422. The highest BCUT2D eigenvalue weighted by Gasteiger charge is 2.14. The minimum absolute atomic E-state index is 0.118.